The maximum atomic E-state index is 4.28. The number of nitrogens with zero attached hydrogens (tertiary/aromatic N) is 2. The van der Waals surface area contributed by atoms with Crippen molar-refractivity contribution in [1.82, 2.24) is 9.88 Å². The van der Waals surface area contributed by atoms with Crippen LogP contribution in [0.2, 0.25) is 0 Å². The van der Waals surface area contributed by atoms with E-state index in [9.17, 15) is 0 Å². The van der Waals surface area contributed by atoms with E-state index in [0.717, 1.165) is 18.7 Å². The van der Waals surface area contributed by atoms with Crippen molar-refractivity contribution < 1.29 is 0 Å². The van der Waals surface area contributed by atoms with Gasteiger partial charge in [-0.2, -0.15) is 0 Å². The van der Waals surface area contributed by atoms with Gasteiger partial charge in [-0.25, -0.2) is 4.98 Å². The molecule has 1 fully saturated rings. The monoisotopic (exact) mass is 228 g/mol. The molecule has 1 aliphatic heterocycles. The maximum Gasteiger partial charge on any atom is 0.113 e. The van der Waals surface area contributed by atoms with E-state index in [1.54, 1.807) is 0 Å². The summed E-state index contributed by atoms with van der Waals surface area (Å²) in [5, 5.41) is 0. The third kappa shape index (κ3) is 4.20. The lowest BCUT2D eigenvalue weighted by Gasteiger charge is -2.25. The minimum atomic E-state index is 0.884. The average Bonchev–Trinajstić information content (AvgIpc) is 2.38. The van der Waals surface area contributed by atoms with E-state index >= 15 is 0 Å². The lowest BCUT2D eigenvalue weighted by molar-refractivity contribution is 0.234. The molecule has 2 heterocycles. The molecule has 1 saturated heterocycles. The molecule has 2 heteroatoms. The molecular weight excluding hydrogens is 208 g/mol. The first-order chi connectivity index (χ1) is 8.34. The van der Waals surface area contributed by atoms with Crippen LogP contribution in [0.5, 0.6) is 0 Å². The molecule has 0 atom stereocenters. The highest BCUT2D eigenvalue weighted by Crippen LogP contribution is 2.08. The van der Waals surface area contributed by atoms with Gasteiger partial charge in [0.1, 0.15) is 5.69 Å². The summed E-state index contributed by atoms with van der Waals surface area (Å²) in [6.45, 7) is 5.66. The number of hydrogen-bond donors (Lipinski definition) is 0. The Balaban J connectivity index is 1.76. The van der Waals surface area contributed by atoms with Crippen molar-refractivity contribution >= 4 is 0 Å². The second-order valence-electron chi connectivity index (χ2n) is 4.67. The lowest BCUT2D eigenvalue weighted by atomic mass is 10.1. The molecule has 90 valence electrons. The van der Waals surface area contributed by atoms with E-state index in [1.807, 2.05) is 19.2 Å². The fourth-order valence-electron chi connectivity index (χ4n) is 2.09. The average molecular weight is 228 g/mol. The molecule has 0 saturated carbocycles. The van der Waals surface area contributed by atoms with Gasteiger partial charge >= 0.3 is 0 Å². The predicted octanol–water partition coefficient (Wildman–Crippen LogP) is 2.62. The van der Waals surface area contributed by atoms with Crippen molar-refractivity contribution in [3.63, 3.8) is 0 Å². The summed E-state index contributed by atoms with van der Waals surface area (Å²) in [6, 6.07) is 4.05. The first-order valence-corrected chi connectivity index (χ1v) is 6.48. The SMILES string of the molecule is Cc1ccc(C#CCCN2CCCCC2)nc1. The lowest BCUT2D eigenvalue weighted by Crippen LogP contribution is -2.30. The molecule has 0 bridgehead atoms. The van der Waals surface area contributed by atoms with Gasteiger partial charge in [-0.15, -0.1) is 0 Å². The smallest absolute Gasteiger partial charge is 0.113 e. The fraction of sp³-hybridized carbons (Fsp3) is 0.533. The van der Waals surface area contributed by atoms with Crippen molar-refractivity contribution in [3.05, 3.63) is 29.6 Å². The fourth-order valence-corrected chi connectivity index (χ4v) is 2.09. The Morgan fingerprint density at radius 1 is 1.24 bits per heavy atom. The Bertz CT molecular complexity index is 391. The van der Waals surface area contributed by atoms with E-state index in [2.05, 4.69) is 27.8 Å². The highest BCUT2D eigenvalue weighted by Gasteiger charge is 2.07. The van der Waals surface area contributed by atoms with Gasteiger partial charge in [0.15, 0.2) is 0 Å². The van der Waals surface area contributed by atoms with Crippen LogP contribution in [0.3, 0.4) is 0 Å². The first kappa shape index (κ1) is 12.1. The summed E-state index contributed by atoms with van der Waals surface area (Å²) < 4.78 is 0. The van der Waals surface area contributed by atoms with Gasteiger partial charge < -0.3 is 4.90 Å². The summed E-state index contributed by atoms with van der Waals surface area (Å²) >= 11 is 0. The Labute approximate surface area is 104 Å². The molecule has 0 N–H and O–H groups in total. The number of aryl methyl sites for hydroxylation is 1. The normalized spacial score (nSPS) is 16.3. The van der Waals surface area contributed by atoms with Gasteiger partial charge in [0.2, 0.25) is 0 Å². The number of aromatic nitrogens is 1. The molecule has 2 rings (SSSR count). The van der Waals surface area contributed by atoms with Crippen molar-refractivity contribution in [3.8, 4) is 11.8 Å². The number of rotatable bonds is 2. The molecule has 1 aliphatic rings. The third-order valence-electron chi connectivity index (χ3n) is 3.13. The van der Waals surface area contributed by atoms with Gasteiger partial charge in [-0.05, 0) is 50.4 Å². The molecular formula is C15H20N2. The van der Waals surface area contributed by atoms with Crippen LogP contribution >= 0.6 is 0 Å². The quantitative estimate of drug-likeness (QED) is 0.723. The van der Waals surface area contributed by atoms with Gasteiger partial charge in [-0.3, -0.25) is 0 Å². The number of piperidine rings is 1. The molecule has 1 aromatic rings. The summed E-state index contributed by atoms with van der Waals surface area (Å²) in [6.07, 6.45) is 6.93. The van der Waals surface area contributed by atoms with E-state index < -0.39 is 0 Å². The Morgan fingerprint density at radius 2 is 2.06 bits per heavy atom. The summed E-state index contributed by atoms with van der Waals surface area (Å²) in [7, 11) is 0. The number of likely N-dealkylation sites (tertiary alicyclic amines) is 1. The molecule has 0 amide bonds. The van der Waals surface area contributed by atoms with Crippen LogP contribution in [0.1, 0.15) is 36.9 Å². The summed E-state index contributed by atoms with van der Waals surface area (Å²) in [5.74, 6) is 6.34. The van der Waals surface area contributed by atoms with Gasteiger partial charge in [0.25, 0.3) is 0 Å². The molecule has 1 aromatic heterocycles. The molecule has 0 aromatic carbocycles. The van der Waals surface area contributed by atoms with Crippen LogP contribution in [0.4, 0.5) is 0 Å². The highest BCUT2D eigenvalue weighted by atomic mass is 15.1. The number of hydrogen-bond acceptors (Lipinski definition) is 2. The van der Waals surface area contributed by atoms with Crippen molar-refractivity contribution in [2.75, 3.05) is 19.6 Å². The van der Waals surface area contributed by atoms with Gasteiger partial charge in [-0.1, -0.05) is 18.4 Å². The topological polar surface area (TPSA) is 16.1 Å². The van der Waals surface area contributed by atoms with Crippen LogP contribution in [-0.2, 0) is 0 Å². The van der Waals surface area contributed by atoms with Gasteiger partial charge in [0, 0.05) is 19.2 Å². The predicted molar refractivity (Wildman–Crippen MR) is 70.8 cm³/mol. The maximum absolute atomic E-state index is 4.28. The molecule has 17 heavy (non-hydrogen) atoms. The molecule has 0 aliphatic carbocycles. The largest absolute Gasteiger partial charge is 0.302 e. The van der Waals surface area contributed by atoms with E-state index in [-0.39, 0.29) is 0 Å². The number of pyridine rings is 1. The Morgan fingerprint density at radius 3 is 2.76 bits per heavy atom. The van der Waals surface area contributed by atoms with Crippen molar-refractivity contribution in [2.45, 2.75) is 32.6 Å². The van der Waals surface area contributed by atoms with Crippen LogP contribution in [-0.4, -0.2) is 29.5 Å². The molecule has 0 spiro atoms. The van der Waals surface area contributed by atoms with E-state index in [4.69, 9.17) is 0 Å². The van der Waals surface area contributed by atoms with Crippen molar-refractivity contribution in [2.24, 2.45) is 0 Å². The Hall–Kier alpha value is -1.33. The highest BCUT2D eigenvalue weighted by molar-refractivity contribution is 5.28. The molecule has 2 nitrogen and oxygen atoms in total. The minimum Gasteiger partial charge on any atom is -0.302 e. The second kappa shape index (κ2) is 6.42. The zero-order chi connectivity index (χ0) is 11.9. The van der Waals surface area contributed by atoms with Crippen LogP contribution in [0.15, 0.2) is 18.3 Å². The zero-order valence-corrected chi connectivity index (χ0v) is 10.6. The molecule has 0 radical (unpaired) electrons. The first-order valence-electron chi connectivity index (χ1n) is 6.48. The van der Waals surface area contributed by atoms with Crippen LogP contribution in [0, 0.1) is 18.8 Å². The third-order valence-corrected chi connectivity index (χ3v) is 3.13. The summed E-state index contributed by atoms with van der Waals surface area (Å²) in [4.78, 5) is 6.79. The van der Waals surface area contributed by atoms with E-state index in [1.165, 1.54) is 37.9 Å². The van der Waals surface area contributed by atoms with Crippen LogP contribution in [0.25, 0.3) is 0 Å². The minimum absolute atomic E-state index is 0.884. The zero-order valence-electron chi connectivity index (χ0n) is 10.6. The Kier molecular flexibility index (Phi) is 4.58. The second-order valence-corrected chi connectivity index (χ2v) is 4.67. The standard InChI is InChI=1S/C15H20N2/c1-14-8-9-15(16-13-14)7-3-6-12-17-10-4-2-5-11-17/h8-9,13H,2,4-6,10-12H2,1H3. The van der Waals surface area contributed by atoms with Crippen LogP contribution < -0.4 is 0 Å². The molecule has 0 unspecified atom stereocenters. The summed E-state index contributed by atoms with van der Waals surface area (Å²) in [5.41, 5.74) is 2.07. The van der Waals surface area contributed by atoms with Crippen molar-refractivity contribution in [1.29, 1.82) is 0 Å². The van der Waals surface area contributed by atoms with Gasteiger partial charge in [0.05, 0.1) is 0 Å². The van der Waals surface area contributed by atoms with E-state index in [0.29, 0.717) is 0 Å².